The predicted octanol–water partition coefficient (Wildman–Crippen LogP) is 3.01. The zero-order valence-corrected chi connectivity index (χ0v) is 16.1. The van der Waals surface area contributed by atoms with E-state index in [9.17, 15) is 9.59 Å². The Morgan fingerprint density at radius 1 is 1.46 bits per heavy atom. The molecular formula is C15H15Cl2N5O3S. The van der Waals surface area contributed by atoms with Crippen LogP contribution in [0.1, 0.15) is 25.7 Å². The lowest BCUT2D eigenvalue weighted by atomic mass is 10.4. The Hall–Kier alpha value is -1.84. The SMILES string of the molecule is CC(Sc1nnc(CN2CCCC2=O)o1)C(=O)Nc1ncc(Cl)cc1Cl. The Morgan fingerprint density at radius 2 is 2.27 bits per heavy atom. The van der Waals surface area contributed by atoms with Crippen LogP contribution >= 0.6 is 35.0 Å². The molecule has 26 heavy (non-hydrogen) atoms. The van der Waals surface area contributed by atoms with Crippen molar-refractivity contribution in [3.63, 3.8) is 0 Å². The number of aromatic nitrogens is 3. The van der Waals surface area contributed by atoms with Gasteiger partial charge in [0, 0.05) is 19.2 Å². The van der Waals surface area contributed by atoms with Gasteiger partial charge in [0.05, 0.1) is 21.8 Å². The number of rotatable bonds is 6. The Morgan fingerprint density at radius 3 is 2.96 bits per heavy atom. The van der Waals surface area contributed by atoms with Crippen molar-refractivity contribution in [3.8, 4) is 0 Å². The quantitative estimate of drug-likeness (QED) is 0.723. The third-order valence-electron chi connectivity index (χ3n) is 3.64. The Bertz CT molecular complexity index is 831. The van der Waals surface area contributed by atoms with Crippen LogP contribution in [0.15, 0.2) is 21.9 Å². The minimum Gasteiger partial charge on any atom is -0.414 e. The zero-order chi connectivity index (χ0) is 18.7. The highest BCUT2D eigenvalue weighted by Crippen LogP contribution is 2.26. The summed E-state index contributed by atoms with van der Waals surface area (Å²) in [6.07, 6.45) is 2.78. The van der Waals surface area contributed by atoms with Crippen molar-refractivity contribution in [1.82, 2.24) is 20.1 Å². The van der Waals surface area contributed by atoms with E-state index in [-0.39, 0.29) is 34.4 Å². The molecule has 2 aromatic rings. The molecular weight excluding hydrogens is 401 g/mol. The van der Waals surface area contributed by atoms with Crippen LogP contribution in [0.4, 0.5) is 5.82 Å². The Kier molecular flexibility index (Phi) is 6.00. The molecule has 2 amide bonds. The molecule has 1 atom stereocenters. The fraction of sp³-hybridized carbons (Fsp3) is 0.400. The number of carbonyl (C=O) groups excluding carboxylic acids is 2. The number of thioether (sulfide) groups is 1. The van der Waals surface area contributed by atoms with Crippen molar-refractivity contribution in [2.75, 3.05) is 11.9 Å². The molecule has 11 heteroatoms. The van der Waals surface area contributed by atoms with E-state index < -0.39 is 5.25 Å². The molecule has 1 unspecified atom stereocenters. The number of amides is 2. The number of nitrogens with zero attached hydrogens (tertiary/aromatic N) is 4. The van der Waals surface area contributed by atoms with E-state index in [1.807, 2.05) is 0 Å². The van der Waals surface area contributed by atoms with Gasteiger partial charge in [0.1, 0.15) is 0 Å². The van der Waals surface area contributed by atoms with Crippen LogP contribution < -0.4 is 5.32 Å². The van der Waals surface area contributed by atoms with Gasteiger partial charge in [-0.05, 0) is 19.4 Å². The van der Waals surface area contributed by atoms with E-state index in [2.05, 4.69) is 20.5 Å². The number of pyridine rings is 1. The van der Waals surface area contributed by atoms with E-state index in [1.54, 1.807) is 11.8 Å². The number of likely N-dealkylation sites (tertiary alicyclic amines) is 1. The second kappa shape index (κ2) is 8.24. The van der Waals surface area contributed by atoms with E-state index >= 15 is 0 Å². The van der Waals surface area contributed by atoms with Gasteiger partial charge in [-0.3, -0.25) is 9.59 Å². The van der Waals surface area contributed by atoms with Gasteiger partial charge in [-0.25, -0.2) is 4.98 Å². The summed E-state index contributed by atoms with van der Waals surface area (Å²) in [6, 6.07) is 1.49. The fourth-order valence-electron chi connectivity index (χ4n) is 2.31. The van der Waals surface area contributed by atoms with Gasteiger partial charge in [0.25, 0.3) is 5.22 Å². The number of halogens is 2. The number of hydrogen-bond donors (Lipinski definition) is 1. The molecule has 0 bridgehead atoms. The van der Waals surface area contributed by atoms with Gasteiger partial charge in [-0.15, -0.1) is 10.2 Å². The molecule has 1 aliphatic heterocycles. The normalized spacial score (nSPS) is 15.3. The number of carbonyl (C=O) groups is 2. The highest BCUT2D eigenvalue weighted by molar-refractivity contribution is 8.00. The van der Waals surface area contributed by atoms with Crippen molar-refractivity contribution in [1.29, 1.82) is 0 Å². The van der Waals surface area contributed by atoms with Gasteiger partial charge < -0.3 is 14.6 Å². The lowest BCUT2D eigenvalue weighted by Crippen LogP contribution is -2.24. The maximum Gasteiger partial charge on any atom is 0.277 e. The average Bonchev–Trinajstić information content (AvgIpc) is 3.20. The summed E-state index contributed by atoms with van der Waals surface area (Å²) in [5.74, 6) is 0.337. The van der Waals surface area contributed by atoms with Crippen LogP contribution in [0.5, 0.6) is 0 Å². The molecule has 8 nitrogen and oxygen atoms in total. The first-order valence-electron chi connectivity index (χ1n) is 7.81. The highest BCUT2D eigenvalue weighted by atomic mass is 35.5. The Balaban J connectivity index is 1.56. The number of hydrogen-bond acceptors (Lipinski definition) is 7. The third kappa shape index (κ3) is 4.66. The molecule has 0 aromatic carbocycles. The first-order valence-corrected chi connectivity index (χ1v) is 9.44. The van der Waals surface area contributed by atoms with Gasteiger partial charge in [0.2, 0.25) is 17.7 Å². The summed E-state index contributed by atoms with van der Waals surface area (Å²) < 4.78 is 5.51. The van der Waals surface area contributed by atoms with Crippen molar-refractivity contribution < 1.29 is 14.0 Å². The van der Waals surface area contributed by atoms with Crippen LogP contribution in [0.3, 0.4) is 0 Å². The third-order valence-corrected chi connectivity index (χ3v) is 5.07. The molecule has 1 saturated heterocycles. The first kappa shape index (κ1) is 18.9. The van der Waals surface area contributed by atoms with Crippen LogP contribution in [0, 0.1) is 0 Å². The lowest BCUT2D eigenvalue weighted by Gasteiger charge is -2.12. The van der Waals surface area contributed by atoms with Crippen molar-refractivity contribution in [2.45, 2.75) is 36.8 Å². The predicted molar refractivity (Wildman–Crippen MR) is 97.2 cm³/mol. The fourth-order valence-corrected chi connectivity index (χ4v) is 3.44. The standard InChI is InChI=1S/C15H15Cl2N5O3S/c1-8(14(24)19-13-10(17)5-9(16)6-18-13)26-15-21-20-11(25-15)7-22-4-2-3-12(22)23/h5-6,8H,2-4,7H2,1H3,(H,18,19,24). The summed E-state index contributed by atoms with van der Waals surface area (Å²) >= 11 is 12.9. The van der Waals surface area contributed by atoms with Crippen LogP contribution in [-0.4, -0.2) is 43.7 Å². The van der Waals surface area contributed by atoms with E-state index in [1.165, 1.54) is 12.3 Å². The summed E-state index contributed by atoms with van der Waals surface area (Å²) in [4.78, 5) is 29.6. The first-order chi connectivity index (χ1) is 12.4. The molecule has 2 aromatic heterocycles. The van der Waals surface area contributed by atoms with Gasteiger partial charge in [-0.2, -0.15) is 0 Å². The van der Waals surface area contributed by atoms with Gasteiger partial charge >= 0.3 is 0 Å². The molecule has 0 aliphatic carbocycles. The monoisotopic (exact) mass is 415 g/mol. The number of anilines is 1. The lowest BCUT2D eigenvalue weighted by molar-refractivity contribution is -0.128. The van der Waals surface area contributed by atoms with Crippen LogP contribution in [0.2, 0.25) is 10.0 Å². The van der Waals surface area contributed by atoms with E-state index in [0.29, 0.717) is 23.9 Å². The van der Waals surface area contributed by atoms with Crippen molar-refractivity contribution >= 4 is 52.6 Å². The molecule has 0 saturated carbocycles. The van der Waals surface area contributed by atoms with Gasteiger partial charge in [-0.1, -0.05) is 35.0 Å². The van der Waals surface area contributed by atoms with E-state index in [0.717, 1.165) is 18.2 Å². The smallest absolute Gasteiger partial charge is 0.277 e. The Labute approximate surface area is 163 Å². The largest absolute Gasteiger partial charge is 0.414 e. The molecule has 1 fully saturated rings. The summed E-state index contributed by atoms with van der Waals surface area (Å²) in [5.41, 5.74) is 0. The zero-order valence-electron chi connectivity index (χ0n) is 13.7. The van der Waals surface area contributed by atoms with Crippen molar-refractivity contribution in [2.24, 2.45) is 0 Å². The van der Waals surface area contributed by atoms with Crippen LogP contribution in [0.25, 0.3) is 0 Å². The topological polar surface area (TPSA) is 101 Å². The number of nitrogens with one attached hydrogen (secondary N) is 1. The molecule has 1 N–H and O–H groups in total. The minimum atomic E-state index is -0.523. The molecule has 1 aliphatic rings. The van der Waals surface area contributed by atoms with E-state index in [4.69, 9.17) is 27.6 Å². The average molecular weight is 416 g/mol. The van der Waals surface area contributed by atoms with Gasteiger partial charge in [0.15, 0.2) is 5.82 Å². The maximum absolute atomic E-state index is 12.3. The van der Waals surface area contributed by atoms with Crippen LogP contribution in [-0.2, 0) is 16.1 Å². The summed E-state index contributed by atoms with van der Waals surface area (Å²) in [5, 5.41) is 10.8. The molecule has 0 radical (unpaired) electrons. The minimum absolute atomic E-state index is 0.0810. The van der Waals surface area contributed by atoms with Crippen molar-refractivity contribution in [3.05, 3.63) is 28.2 Å². The summed E-state index contributed by atoms with van der Waals surface area (Å²) in [6.45, 7) is 2.67. The second-order valence-electron chi connectivity index (χ2n) is 5.61. The maximum atomic E-state index is 12.3. The molecule has 0 spiro atoms. The highest BCUT2D eigenvalue weighted by Gasteiger charge is 2.24. The second-order valence-corrected chi connectivity index (χ2v) is 7.75. The molecule has 3 heterocycles. The molecule has 3 rings (SSSR count). The summed E-state index contributed by atoms with van der Waals surface area (Å²) in [7, 11) is 0. The molecule has 138 valence electrons.